The van der Waals surface area contributed by atoms with Crippen LogP contribution in [0.1, 0.15) is 52.4 Å². The summed E-state index contributed by atoms with van der Waals surface area (Å²) in [5.41, 5.74) is 0. The fourth-order valence-electron chi connectivity index (χ4n) is 3.82. The Morgan fingerprint density at radius 3 is 2.36 bits per heavy atom. The van der Waals surface area contributed by atoms with Gasteiger partial charge in [-0.25, -0.2) is 0 Å². The smallest absolute Gasteiger partial charge is 0.133 e. The van der Waals surface area contributed by atoms with Gasteiger partial charge in [-0.3, -0.25) is 4.79 Å². The van der Waals surface area contributed by atoms with Crippen molar-refractivity contribution < 1.29 is 4.79 Å². The van der Waals surface area contributed by atoms with Crippen LogP contribution < -0.4 is 0 Å². The Morgan fingerprint density at radius 1 is 1.00 bits per heavy atom. The first-order valence-electron chi connectivity index (χ1n) is 6.20. The molecule has 2 rings (SSSR count). The van der Waals surface area contributed by atoms with Gasteiger partial charge < -0.3 is 0 Å². The lowest BCUT2D eigenvalue weighted by Gasteiger charge is -2.43. The largest absolute Gasteiger partial charge is 0.300 e. The molecule has 0 amide bonds. The summed E-state index contributed by atoms with van der Waals surface area (Å²) in [4.78, 5) is 11.6. The van der Waals surface area contributed by atoms with Crippen molar-refractivity contribution in [2.45, 2.75) is 52.4 Å². The summed E-state index contributed by atoms with van der Waals surface area (Å²) in [5.74, 6) is 3.34. The molecule has 0 N–H and O–H groups in total. The molecule has 0 spiro atoms. The van der Waals surface area contributed by atoms with Crippen molar-refractivity contribution in [3.63, 3.8) is 0 Å². The van der Waals surface area contributed by atoms with E-state index < -0.39 is 0 Å². The molecule has 2 saturated carbocycles. The summed E-state index contributed by atoms with van der Waals surface area (Å²) >= 11 is 0. The van der Waals surface area contributed by atoms with Gasteiger partial charge in [0.15, 0.2) is 0 Å². The molecule has 0 aliphatic heterocycles. The molecule has 0 aromatic carbocycles. The first-order chi connectivity index (χ1) is 6.70. The van der Waals surface area contributed by atoms with E-state index in [4.69, 9.17) is 0 Å². The summed E-state index contributed by atoms with van der Waals surface area (Å²) in [6.45, 7) is 4.19. The van der Waals surface area contributed by atoms with E-state index in [9.17, 15) is 4.79 Å². The standard InChI is InChI=1S/C13H22O/c1-9-5-3-8-13-11(9)6-4-7-12(13)10(2)14/h9,11-13H,3-8H2,1-2H3/t9-,11?,12+,13?/m1/s1. The average Bonchev–Trinajstić information content (AvgIpc) is 2.17. The minimum Gasteiger partial charge on any atom is -0.300 e. The first-order valence-corrected chi connectivity index (χ1v) is 6.20. The molecule has 2 fully saturated rings. The van der Waals surface area contributed by atoms with Crippen molar-refractivity contribution in [3.8, 4) is 0 Å². The van der Waals surface area contributed by atoms with Crippen molar-refractivity contribution in [2.24, 2.45) is 23.7 Å². The Bertz CT molecular complexity index is 221. The summed E-state index contributed by atoms with van der Waals surface area (Å²) < 4.78 is 0. The number of ketones is 1. The second-order valence-corrected chi connectivity index (χ2v) is 5.38. The molecule has 4 atom stereocenters. The highest BCUT2D eigenvalue weighted by Crippen LogP contribution is 2.46. The van der Waals surface area contributed by atoms with Crippen LogP contribution in [-0.2, 0) is 4.79 Å². The van der Waals surface area contributed by atoms with Crippen LogP contribution in [-0.4, -0.2) is 5.78 Å². The zero-order valence-corrected chi connectivity index (χ0v) is 9.46. The fourth-order valence-corrected chi connectivity index (χ4v) is 3.82. The van der Waals surface area contributed by atoms with Crippen LogP contribution in [0.15, 0.2) is 0 Å². The summed E-state index contributed by atoms with van der Waals surface area (Å²) in [6.07, 6.45) is 7.91. The third-order valence-electron chi connectivity index (χ3n) is 4.57. The molecule has 1 nitrogen and oxygen atoms in total. The zero-order chi connectivity index (χ0) is 10.1. The molecule has 80 valence electrons. The number of rotatable bonds is 1. The molecule has 0 aromatic rings. The minimum atomic E-state index is 0.413. The monoisotopic (exact) mass is 194 g/mol. The van der Waals surface area contributed by atoms with Gasteiger partial charge >= 0.3 is 0 Å². The van der Waals surface area contributed by atoms with Crippen LogP contribution in [0.4, 0.5) is 0 Å². The van der Waals surface area contributed by atoms with E-state index >= 15 is 0 Å². The normalized spacial score (nSPS) is 43.0. The lowest BCUT2D eigenvalue weighted by atomic mass is 9.61. The lowest BCUT2D eigenvalue weighted by molar-refractivity contribution is -0.125. The van der Waals surface area contributed by atoms with Gasteiger partial charge in [0.05, 0.1) is 0 Å². The molecule has 1 heteroatoms. The Kier molecular flexibility index (Phi) is 2.94. The first kappa shape index (κ1) is 10.2. The molecule has 2 aliphatic rings. The predicted octanol–water partition coefficient (Wildman–Crippen LogP) is 3.43. The number of hydrogen-bond acceptors (Lipinski definition) is 1. The van der Waals surface area contributed by atoms with Crippen LogP contribution in [0.5, 0.6) is 0 Å². The summed E-state index contributed by atoms with van der Waals surface area (Å²) in [7, 11) is 0. The van der Waals surface area contributed by atoms with E-state index in [0.29, 0.717) is 11.7 Å². The van der Waals surface area contributed by atoms with Gasteiger partial charge in [-0.1, -0.05) is 26.2 Å². The third-order valence-corrected chi connectivity index (χ3v) is 4.57. The van der Waals surface area contributed by atoms with Crippen LogP contribution in [0.3, 0.4) is 0 Å². The average molecular weight is 194 g/mol. The molecule has 2 aliphatic carbocycles. The number of carbonyl (C=O) groups excluding carboxylic acids is 1. The second-order valence-electron chi connectivity index (χ2n) is 5.38. The number of hydrogen-bond donors (Lipinski definition) is 0. The lowest BCUT2D eigenvalue weighted by Crippen LogP contribution is -2.38. The highest BCUT2D eigenvalue weighted by molar-refractivity contribution is 5.78. The SMILES string of the molecule is CC(=O)[C@@H]1CCCC2C1CCC[C@H]2C. The maximum absolute atomic E-state index is 11.6. The molecule has 0 radical (unpaired) electrons. The quantitative estimate of drug-likeness (QED) is 0.625. The van der Waals surface area contributed by atoms with Gasteiger partial charge in [0.2, 0.25) is 0 Å². The predicted molar refractivity (Wildman–Crippen MR) is 58.0 cm³/mol. The maximum atomic E-state index is 11.6. The van der Waals surface area contributed by atoms with E-state index in [-0.39, 0.29) is 0 Å². The Morgan fingerprint density at radius 2 is 1.64 bits per heavy atom. The fraction of sp³-hybridized carbons (Fsp3) is 0.923. The van der Waals surface area contributed by atoms with Gasteiger partial charge in [-0.2, -0.15) is 0 Å². The Labute approximate surface area is 87.3 Å². The van der Waals surface area contributed by atoms with Crippen LogP contribution in [0, 0.1) is 23.7 Å². The Hall–Kier alpha value is -0.330. The highest BCUT2D eigenvalue weighted by atomic mass is 16.1. The zero-order valence-electron chi connectivity index (χ0n) is 9.46. The van der Waals surface area contributed by atoms with E-state index in [2.05, 4.69) is 6.92 Å². The van der Waals surface area contributed by atoms with E-state index in [1.165, 1.54) is 38.5 Å². The van der Waals surface area contributed by atoms with E-state index in [0.717, 1.165) is 17.8 Å². The van der Waals surface area contributed by atoms with E-state index in [1.54, 1.807) is 6.92 Å². The maximum Gasteiger partial charge on any atom is 0.133 e. The molecule has 0 saturated heterocycles. The van der Waals surface area contributed by atoms with Gasteiger partial charge in [0.25, 0.3) is 0 Å². The molecule has 0 heterocycles. The van der Waals surface area contributed by atoms with Crippen LogP contribution >= 0.6 is 0 Å². The van der Waals surface area contributed by atoms with Crippen molar-refractivity contribution in [1.29, 1.82) is 0 Å². The van der Waals surface area contributed by atoms with Crippen LogP contribution in [0.25, 0.3) is 0 Å². The molecule has 14 heavy (non-hydrogen) atoms. The van der Waals surface area contributed by atoms with Gasteiger partial charge in [0.1, 0.15) is 5.78 Å². The van der Waals surface area contributed by atoms with Crippen molar-refractivity contribution in [2.75, 3.05) is 0 Å². The summed E-state index contributed by atoms with van der Waals surface area (Å²) in [6, 6.07) is 0. The number of fused-ring (bicyclic) bond motifs is 1. The molecular weight excluding hydrogens is 172 g/mol. The van der Waals surface area contributed by atoms with E-state index in [1.807, 2.05) is 0 Å². The van der Waals surface area contributed by atoms with Crippen molar-refractivity contribution in [1.82, 2.24) is 0 Å². The van der Waals surface area contributed by atoms with Crippen molar-refractivity contribution >= 4 is 5.78 Å². The van der Waals surface area contributed by atoms with Gasteiger partial charge in [-0.05, 0) is 43.9 Å². The molecule has 0 bridgehead atoms. The number of carbonyl (C=O) groups is 1. The third kappa shape index (κ3) is 1.74. The highest BCUT2D eigenvalue weighted by Gasteiger charge is 2.39. The van der Waals surface area contributed by atoms with Gasteiger partial charge in [0, 0.05) is 5.92 Å². The molecular formula is C13H22O. The molecule has 2 unspecified atom stereocenters. The topological polar surface area (TPSA) is 17.1 Å². The van der Waals surface area contributed by atoms with Crippen LogP contribution in [0.2, 0.25) is 0 Å². The van der Waals surface area contributed by atoms with Crippen molar-refractivity contribution in [3.05, 3.63) is 0 Å². The summed E-state index contributed by atoms with van der Waals surface area (Å²) in [5, 5.41) is 0. The number of Topliss-reactive ketones (excluding diaryl/α,β-unsaturated/α-hetero) is 1. The van der Waals surface area contributed by atoms with Gasteiger partial charge in [-0.15, -0.1) is 0 Å². The minimum absolute atomic E-state index is 0.413. The Balaban J connectivity index is 2.11. The second kappa shape index (κ2) is 4.04. The molecule has 0 aromatic heterocycles.